The Morgan fingerprint density at radius 3 is 1.97 bits per heavy atom. The topological polar surface area (TPSA) is 91.8 Å². The highest BCUT2D eigenvalue weighted by molar-refractivity contribution is 8.19. The molecule has 1 aliphatic rings. The highest BCUT2D eigenvalue weighted by Crippen LogP contribution is 2.41. The third kappa shape index (κ3) is 5.09. The first-order valence-corrected chi connectivity index (χ1v) is 12.4. The zero-order valence-corrected chi connectivity index (χ0v) is 20.3. The maximum Gasteiger partial charge on any atom is 0.307 e. The molecule has 0 radical (unpaired) electrons. The Labute approximate surface area is 183 Å². The first kappa shape index (κ1) is 24.5. The largest absolute Gasteiger partial charge is 0.507 e. The standard InChI is InChI=1S/C22H31NO5S2/c1-8-9-10-30(27,28)23-19(25)17(29-20(23)26)13-14-11-15(21(2,3)4)18(24)16(12-14)22(5,6)7/h11-13,24H,8-10H2,1-7H3. The van der Waals surface area contributed by atoms with E-state index in [9.17, 15) is 23.1 Å². The van der Waals surface area contributed by atoms with Gasteiger partial charge < -0.3 is 5.11 Å². The van der Waals surface area contributed by atoms with Gasteiger partial charge in [0.05, 0.1) is 10.7 Å². The van der Waals surface area contributed by atoms with E-state index in [1.807, 2.05) is 48.5 Å². The summed E-state index contributed by atoms with van der Waals surface area (Å²) in [6.07, 6.45) is 2.55. The number of hydrogen-bond donors (Lipinski definition) is 1. The fourth-order valence-corrected chi connectivity index (χ4v) is 5.80. The minimum Gasteiger partial charge on any atom is -0.507 e. The Bertz CT molecular complexity index is 960. The molecule has 1 heterocycles. The Balaban J connectivity index is 2.56. The quantitative estimate of drug-likeness (QED) is 0.620. The Morgan fingerprint density at radius 1 is 1.03 bits per heavy atom. The first-order valence-electron chi connectivity index (χ1n) is 9.98. The van der Waals surface area contributed by atoms with Crippen LogP contribution in [0.25, 0.3) is 6.08 Å². The van der Waals surface area contributed by atoms with Crippen LogP contribution in [-0.4, -0.2) is 34.7 Å². The predicted octanol–water partition coefficient (Wildman–Crippen LogP) is 5.15. The van der Waals surface area contributed by atoms with Crippen LogP contribution in [0.4, 0.5) is 4.79 Å². The number of carbonyl (C=O) groups excluding carboxylic acids is 2. The molecule has 0 bridgehead atoms. The first-order chi connectivity index (χ1) is 13.6. The van der Waals surface area contributed by atoms with Crippen molar-refractivity contribution in [1.29, 1.82) is 0 Å². The van der Waals surface area contributed by atoms with Crippen LogP contribution in [0.15, 0.2) is 17.0 Å². The van der Waals surface area contributed by atoms with Gasteiger partial charge in [0.15, 0.2) is 0 Å². The Kier molecular flexibility index (Phi) is 6.84. The number of unbranched alkanes of at least 4 members (excludes halogenated alkanes) is 1. The molecule has 0 aliphatic carbocycles. The number of amides is 2. The monoisotopic (exact) mass is 453 g/mol. The van der Waals surface area contributed by atoms with Crippen molar-refractivity contribution in [2.45, 2.75) is 72.1 Å². The van der Waals surface area contributed by atoms with E-state index in [2.05, 4.69) is 0 Å². The summed E-state index contributed by atoms with van der Waals surface area (Å²) in [5, 5.41) is 10.0. The minimum atomic E-state index is -3.98. The van der Waals surface area contributed by atoms with Gasteiger partial charge in [0.1, 0.15) is 5.75 Å². The van der Waals surface area contributed by atoms with Crippen molar-refractivity contribution < 1.29 is 23.1 Å². The van der Waals surface area contributed by atoms with E-state index in [4.69, 9.17) is 0 Å². The lowest BCUT2D eigenvalue weighted by Crippen LogP contribution is -2.36. The number of phenols is 1. The van der Waals surface area contributed by atoms with Crippen LogP contribution in [-0.2, 0) is 25.6 Å². The fourth-order valence-electron chi connectivity index (χ4n) is 3.15. The zero-order valence-electron chi connectivity index (χ0n) is 18.7. The van der Waals surface area contributed by atoms with E-state index in [0.29, 0.717) is 34.5 Å². The van der Waals surface area contributed by atoms with Gasteiger partial charge in [0.2, 0.25) is 10.0 Å². The predicted molar refractivity (Wildman–Crippen MR) is 122 cm³/mol. The van der Waals surface area contributed by atoms with Gasteiger partial charge in [-0.1, -0.05) is 54.9 Å². The molecule has 166 valence electrons. The number of sulfonamides is 1. The molecule has 6 nitrogen and oxygen atoms in total. The van der Waals surface area contributed by atoms with Crippen LogP contribution in [0.2, 0.25) is 0 Å². The average Bonchev–Trinajstić information content (AvgIpc) is 2.86. The van der Waals surface area contributed by atoms with Gasteiger partial charge in [0, 0.05) is 11.1 Å². The molecule has 1 aromatic rings. The summed E-state index contributed by atoms with van der Waals surface area (Å²) in [7, 11) is -3.98. The zero-order chi connectivity index (χ0) is 23.1. The molecule has 0 unspecified atom stereocenters. The second-order valence-corrected chi connectivity index (χ2v) is 12.5. The number of rotatable bonds is 5. The van der Waals surface area contributed by atoms with E-state index in [1.54, 1.807) is 12.1 Å². The number of hydrogen-bond acceptors (Lipinski definition) is 6. The van der Waals surface area contributed by atoms with Gasteiger partial charge in [0.25, 0.3) is 5.91 Å². The number of nitrogens with zero attached hydrogens (tertiary/aromatic N) is 1. The number of benzene rings is 1. The number of imide groups is 1. The maximum atomic E-state index is 12.7. The average molecular weight is 454 g/mol. The van der Waals surface area contributed by atoms with Crippen molar-refractivity contribution in [3.05, 3.63) is 33.7 Å². The molecular formula is C22H31NO5S2. The van der Waals surface area contributed by atoms with E-state index in [-0.39, 0.29) is 27.2 Å². The molecule has 0 atom stereocenters. The van der Waals surface area contributed by atoms with E-state index in [0.717, 1.165) is 11.1 Å². The van der Waals surface area contributed by atoms with Crippen LogP contribution in [0.1, 0.15) is 78.0 Å². The number of carbonyl (C=O) groups is 2. The lowest BCUT2D eigenvalue weighted by atomic mass is 9.78. The Morgan fingerprint density at radius 2 is 1.53 bits per heavy atom. The number of aromatic hydroxyl groups is 1. The van der Waals surface area contributed by atoms with Gasteiger partial charge in [-0.15, -0.1) is 0 Å². The number of phenolic OH excluding ortho intramolecular Hbond substituents is 1. The van der Waals surface area contributed by atoms with Crippen molar-refractivity contribution in [1.82, 2.24) is 4.31 Å². The smallest absolute Gasteiger partial charge is 0.307 e. The SMILES string of the molecule is CCCCS(=O)(=O)N1C(=O)SC(=Cc2cc(C(C)(C)C)c(O)c(C(C)(C)C)c2)C1=O. The molecule has 1 fully saturated rings. The second-order valence-electron chi connectivity index (χ2n) is 9.58. The van der Waals surface area contributed by atoms with Crippen molar-refractivity contribution in [2.75, 3.05) is 5.75 Å². The van der Waals surface area contributed by atoms with Crippen LogP contribution in [0.5, 0.6) is 5.75 Å². The molecule has 0 saturated carbocycles. The summed E-state index contributed by atoms with van der Waals surface area (Å²) in [6.45, 7) is 13.7. The highest BCUT2D eigenvalue weighted by Gasteiger charge is 2.43. The summed E-state index contributed by atoms with van der Waals surface area (Å²) in [6, 6.07) is 3.56. The molecule has 30 heavy (non-hydrogen) atoms. The lowest BCUT2D eigenvalue weighted by Gasteiger charge is -2.28. The van der Waals surface area contributed by atoms with Crippen molar-refractivity contribution in [3.63, 3.8) is 0 Å². The summed E-state index contributed by atoms with van der Waals surface area (Å²) in [5.74, 6) is -0.845. The molecule has 2 rings (SSSR count). The van der Waals surface area contributed by atoms with E-state index in [1.165, 1.54) is 6.08 Å². The molecule has 1 saturated heterocycles. The van der Waals surface area contributed by atoms with Gasteiger partial charge in [-0.25, -0.2) is 8.42 Å². The van der Waals surface area contributed by atoms with Gasteiger partial charge in [-0.05, 0) is 52.8 Å². The van der Waals surface area contributed by atoms with Crippen LogP contribution in [0, 0.1) is 0 Å². The minimum absolute atomic E-state index is 0.0606. The normalized spacial score (nSPS) is 17.3. The summed E-state index contributed by atoms with van der Waals surface area (Å²) in [5.41, 5.74) is 1.37. The van der Waals surface area contributed by atoms with E-state index < -0.39 is 21.2 Å². The molecular weight excluding hydrogens is 422 g/mol. The number of thioether (sulfide) groups is 1. The molecule has 8 heteroatoms. The second kappa shape index (κ2) is 8.38. The molecule has 0 spiro atoms. The maximum absolute atomic E-state index is 12.7. The molecule has 1 N–H and O–H groups in total. The van der Waals surface area contributed by atoms with Crippen molar-refractivity contribution in [2.24, 2.45) is 0 Å². The van der Waals surface area contributed by atoms with Crippen LogP contribution in [0.3, 0.4) is 0 Å². The van der Waals surface area contributed by atoms with Gasteiger partial charge in [-0.2, -0.15) is 4.31 Å². The summed E-state index contributed by atoms with van der Waals surface area (Å²) in [4.78, 5) is 25.1. The van der Waals surface area contributed by atoms with Gasteiger partial charge in [-0.3, -0.25) is 9.59 Å². The Hall–Kier alpha value is -1.80. The van der Waals surface area contributed by atoms with Crippen LogP contribution >= 0.6 is 11.8 Å². The third-order valence-corrected chi connectivity index (χ3v) is 7.52. The summed E-state index contributed by atoms with van der Waals surface area (Å²) >= 11 is 0.625. The fraction of sp³-hybridized carbons (Fsp3) is 0.545. The van der Waals surface area contributed by atoms with Crippen molar-refractivity contribution in [3.8, 4) is 5.75 Å². The highest BCUT2D eigenvalue weighted by atomic mass is 32.2. The van der Waals surface area contributed by atoms with Gasteiger partial charge >= 0.3 is 5.24 Å². The molecule has 1 aromatic carbocycles. The van der Waals surface area contributed by atoms with Crippen LogP contribution < -0.4 is 0 Å². The molecule has 2 amide bonds. The third-order valence-electron chi connectivity index (χ3n) is 4.84. The molecule has 1 aliphatic heterocycles. The lowest BCUT2D eigenvalue weighted by molar-refractivity contribution is -0.119. The van der Waals surface area contributed by atoms with Crippen molar-refractivity contribution >= 4 is 39.0 Å². The molecule has 0 aromatic heterocycles. The summed E-state index contributed by atoms with van der Waals surface area (Å²) < 4.78 is 25.3. The van der Waals surface area contributed by atoms with E-state index >= 15 is 0 Å².